The van der Waals surface area contributed by atoms with Gasteiger partial charge in [-0.25, -0.2) is 0 Å². The standard InChI is InChI=1S/C22H21N5O3/c28-18(23-14-6-7-14)12-26-19-10-17(13-4-2-1-3-5-13)24-27(19)21(29)16-11-25(15-8-9-15)22(30)20(16)26/h1-5,10,14-15H,6-9,11-12H2,(H,23,28). The zero-order valence-electron chi connectivity index (χ0n) is 16.4. The number of amides is 2. The number of nitrogens with one attached hydrogen (secondary N) is 1. The van der Waals surface area contributed by atoms with Gasteiger partial charge in [-0.3, -0.25) is 14.4 Å². The summed E-state index contributed by atoms with van der Waals surface area (Å²) in [5.41, 5.74) is 2.47. The Bertz CT molecular complexity index is 1250. The minimum atomic E-state index is -0.280. The van der Waals surface area contributed by atoms with Gasteiger partial charge in [0.2, 0.25) is 5.91 Å². The van der Waals surface area contributed by atoms with Crippen molar-refractivity contribution in [2.75, 3.05) is 0 Å². The summed E-state index contributed by atoms with van der Waals surface area (Å²) < 4.78 is 3.02. The van der Waals surface area contributed by atoms with Gasteiger partial charge in [0.05, 0.1) is 17.8 Å². The summed E-state index contributed by atoms with van der Waals surface area (Å²) in [6.45, 7) is 0.283. The molecule has 2 aliphatic carbocycles. The molecule has 0 bridgehead atoms. The van der Waals surface area contributed by atoms with E-state index in [0.29, 0.717) is 29.1 Å². The van der Waals surface area contributed by atoms with Gasteiger partial charge in [-0.2, -0.15) is 9.61 Å². The number of hydrogen-bond donors (Lipinski definition) is 1. The van der Waals surface area contributed by atoms with Crippen molar-refractivity contribution < 1.29 is 9.59 Å². The maximum Gasteiger partial charge on any atom is 0.280 e. The highest BCUT2D eigenvalue weighted by Crippen LogP contribution is 2.34. The largest absolute Gasteiger partial charge is 0.352 e. The van der Waals surface area contributed by atoms with Crippen LogP contribution in [0.15, 0.2) is 41.2 Å². The van der Waals surface area contributed by atoms with Crippen molar-refractivity contribution in [3.05, 3.63) is 58.0 Å². The smallest absolute Gasteiger partial charge is 0.280 e. The Labute approximate surface area is 172 Å². The number of carbonyl (C=O) groups is 2. The summed E-state index contributed by atoms with van der Waals surface area (Å²) in [5.74, 6) is -0.306. The molecule has 0 atom stereocenters. The summed E-state index contributed by atoms with van der Waals surface area (Å²) >= 11 is 0. The number of aromatic nitrogens is 3. The number of nitrogens with zero attached hydrogens (tertiary/aromatic N) is 4. The highest BCUT2D eigenvalue weighted by atomic mass is 16.2. The molecule has 8 heteroatoms. The third-order valence-corrected chi connectivity index (χ3v) is 6.07. The average Bonchev–Trinajstić information content (AvgIpc) is 3.67. The van der Waals surface area contributed by atoms with E-state index in [1.54, 1.807) is 15.5 Å². The normalized spacial score (nSPS) is 18.1. The highest BCUT2D eigenvalue weighted by Gasteiger charge is 2.42. The van der Waals surface area contributed by atoms with Gasteiger partial charge in [0.1, 0.15) is 17.9 Å². The maximum absolute atomic E-state index is 13.2. The summed E-state index contributed by atoms with van der Waals surface area (Å²) in [5, 5.41) is 7.51. The van der Waals surface area contributed by atoms with Gasteiger partial charge in [-0.1, -0.05) is 30.3 Å². The fourth-order valence-corrected chi connectivity index (χ4v) is 4.22. The first kappa shape index (κ1) is 17.4. The Morgan fingerprint density at radius 1 is 1.10 bits per heavy atom. The van der Waals surface area contributed by atoms with Crippen LogP contribution in [0.1, 0.15) is 41.7 Å². The summed E-state index contributed by atoms with van der Waals surface area (Å²) in [4.78, 5) is 40.8. The number of benzene rings is 1. The van der Waals surface area contributed by atoms with E-state index in [1.807, 2.05) is 30.3 Å². The first-order valence-corrected chi connectivity index (χ1v) is 10.4. The van der Waals surface area contributed by atoms with Crippen LogP contribution in [0, 0.1) is 0 Å². The number of hydrogen-bond acceptors (Lipinski definition) is 4. The monoisotopic (exact) mass is 403 g/mol. The van der Waals surface area contributed by atoms with Crippen molar-refractivity contribution in [2.24, 2.45) is 0 Å². The lowest BCUT2D eigenvalue weighted by Gasteiger charge is -2.15. The molecule has 6 rings (SSSR count). The molecule has 3 aromatic rings. The predicted molar refractivity (Wildman–Crippen MR) is 109 cm³/mol. The summed E-state index contributed by atoms with van der Waals surface area (Å²) in [7, 11) is 0. The second-order valence-electron chi connectivity index (χ2n) is 8.39. The van der Waals surface area contributed by atoms with Crippen molar-refractivity contribution >= 4 is 17.5 Å². The second kappa shape index (κ2) is 6.29. The highest BCUT2D eigenvalue weighted by molar-refractivity contribution is 5.98. The number of rotatable bonds is 5. The van der Waals surface area contributed by atoms with Crippen molar-refractivity contribution in [1.29, 1.82) is 0 Å². The molecule has 1 aromatic carbocycles. The summed E-state index contributed by atoms with van der Waals surface area (Å²) in [6.07, 6.45) is 3.90. The van der Waals surface area contributed by atoms with Crippen molar-refractivity contribution in [2.45, 2.75) is 50.9 Å². The van der Waals surface area contributed by atoms with Gasteiger partial charge in [-0.15, -0.1) is 0 Å². The van der Waals surface area contributed by atoms with E-state index in [0.717, 1.165) is 31.2 Å². The molecule has 3 heterocycles. The molecule has 30 heavy (non-hydrogen) atoms. The maximum atomic E-state index is 13.2. The molecule has 0 radical (unpaired) electrons. The molecule has 0 spiro atoms. The number of fused-ring (bicyclic) bond motifs is 2. The van der Waals surface area contributed by atoms with Crippen LogP contribution in [0.5, 0.6) is 0 Å². The van der Waals surface area contributed by atoms with Crippen LogP contribution in [0.4, 0.5) is 0 Å². The lowest BCUT2D eigenvalue weighted by Crippen LogP contribution is -2.33. The van der Waals surface area contributed by atoms with Crippen molar-refractivity contribution in [1.82, 2.24) is 24.4 Å². The van der Waals surface area contributed by atoms with Crippen LogP contribution in [-0.4, -0.2) is 43.0 Å². The van der Waals surface area contributed by atoms with Crippen LogP contribution in [0.3, 0.4) is 0 Å². The van der Waals surface area contributed by atoms with Gasteiger partial charge in [0.25, 0.3) is 11.5 Å². The third-order valence-electron chi connectivity index (χ3n) is 6.07. The minimum Gasteiger partial charge on any atom is -0.352 e. The quantitative estimate of drug-likeness (QED) is 0.700. The Balaban J connectivity index is 1.52. The molecular formula is C22H21N5O3. The van der Waals surface area contributed by atoms with E-state index in [1.165, 1.54) is 4.52 Å². The van der Waals surface area contributed by atoms with Gasteiger partial charge in [-0.05, 0) is 25.7 Å². The zero-order chi connectivity index (χ0) is 20.4. The number of carbonyl (C=O) groups excluding carboxylic acids is 2. The van der Waals surface area contributed by atoms with Crippen LogP contribution < -0.4 is 10.9 Å². The van der Waals surface area contributed by atoms with Gasteiger partial charge < -0.3 is 14.8 Å². The molecular weight excluding hydrogens is 382 g/mol. The first-order valence-electron chi connectivity index (χ1n) is 10.4. The van der Waals surface area contributed by atoms with E-state index < -0.39 is 0 Å². The lowest BCUT2D eigenvalue weighted by molar-refractivity contribution is -0.121. The van der Waals surface area contributed by atoms with E-state index in [9.17, 15) is 14.4 Å². The molecule has 1 N–H and O–H groups in total. The topological polar surface area (TPSA) is 88.7 Å². The fourth-order valence-electron chi connectivity index (χ4n) is 4.22. The Hall–Kier alpha value is -3.42. The lowest BCUT2D eigenvalue weighted by atomic mass is 10.1. The SMILES string of the molecule is O=C(Cn1c2c(c(=O)n3nc(-c4ccccc4)cc13)CN(C1CC1)C2=O)NC1CC1. The van der Waals surface area contributed by atoms with Crippen LogP contribution in [-0.2, 0) is 17.9 Å². The van der Waals surface area contributed by atoms with Gasteiger partial charge in [0, 0.05) is 23.7 Å². The van der Waals surface area contributed by atoms with E-state index in [-0.39, 0.29) is 36.0 Å². The molecule has 2 fully saturated rings. The average molecular weight is 403 g/mol. The van der Waals surface area contributed by atoms with Crippen LogP contribution in [0.25, 0.3) is 16.9 Å². The molecule has 2 amide bonds. The molecule has 3 aliphatic rings. The van der Waals surface area contributed by atoms with Crippen LogP contribution in [0.2, 0.25) is 0 Å². The second-order valence-corrected chi connectivity index (χ2v) is 8.39. The zero-order valence-corrected chi connectivity index (χ0v) is 16.4. The van der Waals surface area contributed by atoms with Crippen molar-refractivity contribution in [3.8, 4) is 11.3 Å². The molecule has 1 aliphatic heterocycles. The predicted octanol–water partition coefficient (Wildman–Crippen LogP) is 1.56. The Morgan fingerprint density at radius 2 is 1.87 bits per heavy atom. The first-order chi connectivity index (χ1) is 14.6. The molecule has 2 aromatic heterocycles. The minimum absolute atomic E-state index is 0.00716. The van der Waals surface area contributed by atoms with Gasteiger partial charge >= 0.3 is 0 Å². The van der Waals surface area contributed by atoms with Crippen molar-refractivity contribution in [3.63, 3.8) is 0 Å². The fraction of sp³-hybridized carbons (Fsp3) is 0.364. The van der Waals surface area contributed by atoms with E-state index in [4.69, 9.17) is 0 Å². The molecule has 8 nitrogen and oxygen atoms in total. The molecule has 0 saturated heterocycles. The molecule has 2 saturated carbocycles. The van der Waals surface area contributed by atoms with Crippen LogP contribution >= 0.6 is 0 Å². The molecule has 0 unspecified atom stereocenters. The third kappa shape index (κ3) is 2.74. The Kier molecular flexibility index (Phi) is 3.65. The summed E-state index contributed by atoms with van der Waals surface area (Å²) in [6, 6.07) is 11.8. The van der Waals surface area contributed by atoms with Gasteiger partial charge in [0.15, 0.2) is 0 Å². The Morgan fingerprint density at radius 3 is 2.57 bits per heavy atom. The molecule has 152 valence electrons. The van der Waals surface area contributed by atoms with E-state index in [2.05, 4.69) is 10.4 Å². The van der Waals surface area contributed by atoms with E-state index >= 15 is 0 Å².